The van der Waals surface area contributed by atoms with Crippen LogP contribution in [0, 0.1) is 0 Å². The van der Waals surface area contributed by atoms with Gasteiger partial charge in [-0.25, -0.2) is 9.86 Å². The highest BCUT2D eigenvalue weighted by molar-refractivity contribution is 5.74. The van der Waals surface area contributed by atoms with Gasteiger partial charge in [-0.2, -0.15) is 0 Å². The van der Waals surface area contributed by atoms with Crippen molar-refractivity contribution in [2.75, 3.05) is 13.1 Å². The van der Waals surface area contributed by atoms with Crippen LogP contribution in [0.1, 0.15) is 30.9 Å². The van der Waals surface area contributed by atoms with Gasteiger partial charge >= 0.3 is 5.97 Å². The number of nitrogens with zero attached hydrogens (tertiary/aromatic N) is 1. The van der Waals surface area contributed by atoms with Crippen molar-refractivity contribution in [3.05, 3.63) is 65.7 Å². The molecule has 2 atom stereocenters. The molecule has 0 aromatic heterocycles. The van der Waals surface area contributed by atoms with Crippen LogP contribution in [0.25, 0.3) is 0 Å². The van der Waals surface area contributed by atoms with Crippen molar-refractivity contribution in [2.45, 2.75) is 44.9 Å². The number of aliphatic carboxylic acids is 1. The minimum Gasteiger partial charge on any atom is -1.00 e. The summed E-state index contributed by atoms with van der Waals surface area (Å²) in [6.45, 7) is 2.75. The van der Waals surface area contributed by atoms with Gasteiger partial charge in [0.1, 0.15) is 24.9 Å². The third-order valence-electron chi connectivity index (χ3n) is 4.92. The zero-order chi connectivity index (χ0) is 22.6. The van der Waals surface area contributed by atoms with E-state index in [1.165, 1.54) is 0 Å². The fourth-order valence-electron chi connectivity index (χ4n) is 3.06. The molecule has 0 saturated heterocycles. The van der Waals surface area contributed by atoms with E-state index >= 15 is 0 Å². The summed E-state index contributed by atoms with van der Waals surface area (Å²) in [6.07, 6.45) is 1.28. The highest BCUT2D eigenvalue weighted by Crippen LogP contribution is 2.15. The minimum atomic E-state index is -0.884. The molecule has 0 bridgehead atoms. The maximum atomic E-state index is 12.0. The number of quaternary nitrogens is 2. The van der Waals surface area contributed by atoms with Gasteiger partial charge in [0.2, 0.25) is 5.91 Å². The first kappa shape index (κ1) is 30.6. The molecule has 7 N–H and O–H groups in total. The summed E-state index contributed by atoms with van der Waals surface area (Å²) < 4.78 is 5.78. The second-order valence-corrected chi connectivity index (χ2v) is 7.72. The number of ether oxygens (including phenoxy) is 1. The summed E-state index contributed by atoms with van der Waals surface area (Å²) in [6, 6.07) is 17.0. The molecule has 0 heterocycles. The van der Waals surface area contributed by atoms with Crippen LogP contribution in [0.4, 0.5) is 0 Å². The molecule has 0 fully saturated rings. The number of hydrogen-bond donors (Lipinski definition) is 4. The highest BCUT2D eigenvalue weighted by Gasteiger charge is 2.18. The van der Waals surface area contributed by atoms with Gasteiger partial charge in [-0.15, -0.1) is 0 Å². The second-order valence-electron chi connectivity index (χ2n) is 7.72. The van der Waals surface area contributed by atoms with Crippen LogP contribution >= 0.6 is 0 Å². The second kappa shape index (κ2) is 16.3. The van der Waals surface area contributed by atoms with Crippen molar-refractivity contribution in [3.8, 4) is 5.75 Å². The molecular formula is C23H33Cl2N3O5. The van der Waals surface area contributed by atoms with E-state index in [0.29, 0.717) is 26.0 Å². The zero-order valence-corrected chi connectivity index (χ0v) is 20.2. The Morgan fingerprint density at radius 2 is 1.70 bits per heavy atom. The fourth-order valence-corrected chi connectivity index (χ4v) is 3.06. The summed E-state index contributed by atoms with van der Waals surface area (Å²) in [7, 11) is 0. The lowest BCUT2D eigenvalue weighted by molar-refractivity contribution is -0.675. The van der Waals surface area contributed by atoms with Crippen molar-refractivity contribution in [1.82, 2.24) is 5.06 Å². The molecule has 184 valence electrons. The van der Waals surface area contributed by atoms with Crippen LogP contribution in [-0.4, -0.2) is 52.4 Å². The molecule has 2 aromatic carbocycles. The van der Waals surface area contributed by atoms with E-state index in [9.17, 15) is 14.8 Å². The first-order chi connectivity index (χ1) is 14.8. The predicted molar refractivity (Wildman–Crippen MR) is 114 cm³/mol. The summed E-state index contributed by atoms with van der Waals surface area (Å²) in [5.41, 5.74) is 6.19. The van der Waals surface area contributed by atoms with Crippen LogP contribution in [0.2, 0.25) is 0 Å². The first-order valence-corrected chi connectivity index (χ1v) is 10.5. The lowest BCUT2D eigenvalue weighted by atomic mass is 10.1. The van der Waals surface area contributed by atoms with E-state index in [0.717, 1.165) is 21.9 Å². The van der Waals surface area contributed by atoms with E-state index in [-0.39, 0.29) is 49.7 Å². The van der Waals surface area contributed by atoms with Crippen molar-refractivity contribution >= 4 is 11.9 Å². The third-order valence-corrected chi connectivity index (χ3v) is 4.92. The lowest BCUT2D eigenvalue weighted by Crippen LogP contribution is -3.00. The number of carboxylic acids is 1. The van der Waals surface area contributed by atoms with Crippen molar-refractivity contribution in [3.63, 3.8) is 0 Å². The molecule has 8 nitrogen and oxygen atoms in total. The fraction of sp³-hybridized carbons (Fsp3) is 0.391. The normalized spacial score (nSPS) is 12.0. The number of amides is 1. The number of rotatable bonds is 13. The Bertz CT molecular complexity index is 825. The lowest BCUT2D eigenvalue weighted by Gasteiger charge is -2.18. The van der Waals surface area contributed by atoms with E-state index in [1.54, 1.807) is 12.2 Å². The van der Waals surface area contributed by atoms with E-state index in [4.69, 9.17) is 9.84 Å². The number of carboxylic acid groups (broad SMARTS) is 1. The standard InChI is InChI=1S/C23H31N3O5.2ClH/c1-17(23(28)29)25-13-5-8-22(27)26(30)15-20(24)14-18-9-11-21(12-10-18)31-16-19-6-3-2-4-7-19;;/h2-4,6-7,9-12,17,20,25,30H,5,8,13-16,24H2,1H3,(H,28,29);2*1H/t17-,20+;;/m1../s1. The minimum absolute atomic E-state index is 0. The number of hydroxylamine groups is 2. The summed E-state index contributed by atoms with van der Waals surface area (Å²) in [4.78, 5) is 22.8. The van der Waals surface area contributed by atoms with Gasteiger partial charge < -0.3 is 45.7 Å². The molecule has 0 radical (unpaired) electrons. The first-order valence-electron chi connectivity index (χ1n) is 10.5. The third kappa shape index (κ3) is 11.9. The number of nitrogens with two attached hydrogens (primary N) is 1. The highest BCUT2D eigenvalue weighted by atomic mass is 35.5. The smallest absolute Gasteiger partial charge is 0.362 e. The Morgan fingerprint density at radius 3 is 2.30 bits per heavy atom. The number of halogens is 2. The molecule has 2 rings (SSSR count). The van der Waals surface area contributed by atoms with E-state index in [2.05, 4.69) is 5.73 Å². The average molecular weight is 502 g/mol. The topological polar surface area (TPSA) is 131 Å². The van der Waals surface area contributed by atoms with Gasteiger partial charge in [0.15, 0.2) is 6.04 Å². The number of hydrogen-bond acceptors (Lipinski definition) is 4. The van der Waals surface area contributed by atoms with Crippen LogP contribution in [0.5, 0.6) is 5.75 Å². The van der Waals surface area contributed by atoms with E-state index < -0.39 is 12.0 Å². The molecule has 0 saturated carbocycles. The molecule has 0 aliphatic carbocycles. The molecule has 10 heteroatoms. The summed E-state index contributed by atoms with van der Waals surface area (Å²) in [5.74, 6) is -0.485. The molecule has 2 aromatic rings. The van der Waals surface area contributed by atoms with Crippen molar-refractivity contribution in [2.24, 2.45) is 0 Å². The van der Waals surface area contributed by atoms with Crippen LogP contribution in [0.15, 0.2) is 54.6 Å². The summed E-state index contributed by atoms with van der Waals surface area (Å²) >= 11 is 0. The summed E-state index contributed by atoms with van der Waals surface area (Å²) in [5, 5.41) is 21.2. The van der Waals surface area contributed by atoms with Crippen LogP contribution in [0.3, 0.4) is 0 Å². The van der Waals surface area contributed by atoms with Gasteiger partial charge in [0.25, 0.3) is 0 Å². The maximum Gasteiger partial charge on any atom is 0.362 e. The molecule has 0 spiro atoms. The molecular weight excluding hydrogens is 469 g/mol. The largest absolute Gasteiger partial charge is 1.00 e. The Kier molecular flexibility index (Phi) is 15.1. The molecule has 33 heavy (non-hydrogen) atoms. The molecule has 0 aliphatic heterocycles. The van der Waals surface area contributed by atoms with Gasteiger partial charge in [0.05, 0.1) is 6.54 Å². The Morgan fingerprint density at radius 1 is 1.06 bits per heavy atom. The van der Waals surface area contributed by atoms with Gasteiger partial charge in [0, 0.05) is 19.3 Å². The maximum absolute atomic E-state index is 12.0. The Labute approximate surface area is 206 Å². The molecule has 0 aliphatic rings. The number of carbonyl (C=O) groups excluding carboxylic acids is 1. The van der Waals surface area contributed by atoms with Crippen molar-refractivity contribution in [1.29, 1.82) is 0 Å². The molecule has 0 unspecified atom stereocenters. The molecule has 1 amide bonds. The average Bonchev–Trinajstić information content (AvgIpc) is 2.76. The van der Waals surface area contributed by atoms with Crippen LogP contribution < -0.4 is 40.6 Å². The Hall–Kier alpha value is -2.36. The van der Waals surface area contributed by atoms with Crippen molar-refractivity contribution < 1.29 is 60.5 Å². The zero-order valence-electron chi connectivity index (χ0n) is 18.7. The number of benzene rings is 2. The van der Waals surface area contributed by atoms with Gasteiger partial charge in [-0.05, 0) is 30.2 Å². The Balaban J connectivity index is 0.00000512. The monoisotopic (exact) mass is 501 g/mol. The van der Waals surface area contributed by atoms with Crippen LogP contribution in [-0.2, 0) is 22.6 Å². The quantitative estimate of drug-likeness (QED) is 0.123. The SMILES string of the molecule is C[C@@H]([NH2+]CCCC(=O)N(O)C[C@@H]([NH3+])Cc1ccc(OCc2ccccc2)cc1)C(=O)O.[Cl-].[Cl-]. The predicted octanol–water partition coefficient (Wildman–Crippen LogP) is -5.54. The van der Waals surface area contributed by atoms with Gasteiger partial charge in [-0.3, -0.25) is 10.0 Å². The van der Waals surface area contributed by atoms with E-state index in [1.807, 2.05) is 54.6 Å². The van der Waals surface area contributed by atoms with Gasteiger partial charge in [-0.1, -0.05) is 42.5 Å². The number of carbonyl (C=O) groups is 2.